The SMILES string of the molecule is CC1(C)S[C@@H]2[C@H](NC(=O)[C@@H](NC(=O)NC(=O)c3ccco3)c3ccccc3)C(=O)N2[C@H]1C(=O)O. The van der Waals surface area contributed by atoms with Crippen LogP contribution in [0.3, 0.4) is 0 Å². The number of fused-ring (bicyclic) bond motifs is 1. The highest BCUT2D eigenvalue weighted by atomic mass is 32.2. The first kappa shape index (κ1) is 23.4. The van der Waals surface area contributed by atoms with Gasteiger partial charge in [0.2, 0.25) is 11.8 Å². The zero-order valence-electron chi connectivity index (χ0n) is 18.2. The van der Waals surface area contributed by atoms with Crippen molar-refractivity contribution in [3.63, 3.8) is 0 Å². The first-order chi connectivity index (χ1) is 16.1. The lowest BCUT2D eigenvalue weighted by molar-refractivity contribution is -0.161. The highest BCUT2D eigenvalue weighted by Gasteiger charge is 2.64. The molecule has 0 bridgehead atoms. The molecule has 2 fully saturated rings. The molecule has 5 amide bonds. The molecule has 2 saturated heterocycles. The van der Waals surface area contributed by atoms with E-state index in [0.717, 1.165) is 0 Å². The van der Waals surface area contributed by atoms with E-state index in [-0.39, 0.29) is 5.76 Å². The number of carbonyl (C=O) groups is 5. The summed E-state index contributed by atoms with van der Waals surface area (Å²) in [5, 5.41) is 16.2. The third kappa shape index (κ3) is 4.23. The van der Waals surface area contributed by atoms with Crippen molar-refractivity contribution in [1.29, 1.82) is 0 Å². The van der Waals surface area contributed by atoms with Crippen LogP contribution in [-0.4, -0.2) is 61.9 Å². The molecule has 178 valence electrons. The minimum atomic E-state index is -1.22. The molecule has 34 heavy (non-hydrogen) atoms. The number of nitrogens with zero attached hydrogens (tertiary/aromatic N) is 1. The van der Waals surface area contributed by atoms with Crippen molar-refractivity contribution >= 4 is 41.5 Å². The fourth-order valence-electron chi connectivity index (χ4n) is 4.07. The number of carboxylic acids is 1. The van der Waals surface area contributed by atoms with Gasteiger partial charge in [0.15, 0.2) is 5.76 Å². The second-order valence-electron chi connectivity index (χ2n) is 8.33. The summed E-state index contributed by atoms with van der Waals surface area (Å²) in [6.45, 7) is 3.46. The zero-order valence-corrected chi connectivity index (χ0v) is 19.0. The number of carbonyl (C=O) groups excluding carboxylic acids is 4. The molecule has 2 aromatic rings. The number of urea groups is 1. The molecule has 2 aliphatic rings. The molecule has 4 rings (SSSR count). The van der Waals surface area contributed by atoms with Gasteiger partial charge in [-0.1, -0.05) is 30.3 Å². The Kier molecular flexibility index (Phi) is 6.09. The normalized spacial score (nSPS) is 23.3. The minimum Gasteiger partial charge on any atom is -0.480 e. The van der Waals surface area contributed by atoms with E-state index in [9.17, 15) is 29.1 Å². The van der Waals surface area contributed by atoms with Gasteiger partial charge < -0.3 is 25.1 Å². The summed E-state index contributed by atoms with van der Waals surface area (Å²) < 4.78 is 4.20. The average Bonchev–Trinajstić information content (AvgIpc) is 3.41. The maximum absolute atomic E-state index is 13.2. The van der Waals surface area contributed by atoms with Crippen LogP contribution in [0.15, 0.2) is 53.1 Å². The number of furan rings is 1. The topological polar surface area (TPSA) is 158 Å². The van der Waals surface area contributed by atoms with Gasteiger partial charge in [-0.25, -0.2) is 9.59 Å². The van der Waals surface area contributed by atoms with Crippen LogP contribution in [0.25, 0.3) is 0 Å². The van der Waals surface area contributed by atoms with Crippen LogP contribution >= 0.6 is 11.8 Å². The van der Waals surface area contributed by atoms with Gasteiger partial charge in [0, 0.05) is 4.75 Å². The number of carboxylic acid groups (broad SMARTS) is 1. The Morgan fingerprint density at radius 3 is 2.44 bits per heavy atom. The summed E-state index contributed by atoms with van der Waals surface area (Å²) in [5.41, 5.74) is 0.423. The standard InChI is InChI=1S/C22H22N4O7S/c1-22(2)15(20(30)31)26-18(29)14(19(26)34-22)23-17(28)13(11-7-4-3-5-8-11)24-21(32)25-16(27)12-9-6-10-33-12/h3-10,13-15,19H,1-2H3,(H,23,28)(H,30,31)(H2,24,25,27,32)/t13-,14+,15-,19+/m0/s1. The monoisotopic (exact) mass is 486 g/mol. The van der Waals surface area contributed by atoms with Gasteiger partial charge in [0.25, 0.3) is 5.91 Å². The quantitative estimate of drug-likeness (QED) is 0.442. The third-order valence-corrected chi connectivity index (χ3v) is 7.19. The predicted molar refractivity (Wildman–Crippen MR) is 120 cm³/mol. The molecule has 1 aromatic carbocycles. The van der Waals surface area contributed by atoms with Crippen LogP contribution in [0.5, 0.6) is 0 Å². The summed E-state index contributed by atoms with van der Waals surface area (Å²) >= 11 is 1.29. The lowest BCUT2D eigenvalue weighted by Crippen LogP contribution is -2.71. The molecule has 0 aliphatic carbocycles. The highest BCUT2D eigenvalue weighted by molar-refractivity contribution is 8.01. The van der Waals surface area contributed by atoms with Crippen molar-refractivity contribution in [3.8, 4) is 0 Å². The molecule has 0 spiro atoms. The van der Waals surface area contributed by atoms with Gasteiger partial charge in [-0.05, 0) is 31.5 Å². The number of rotatable bonds is 6. The molecule has 2 aliphatic heterocycles. The highest BCUT2D eigenvalue weighted by Crippen LogP contribution is 2.50. The molecule has 0 radical (unpaired) electrons. The lowest BCUT2D eigenvalue weighted by atomic mass is 9.95. The number of benzene rings is 1. The summed E-state index contributed by atoms with van der Waals surface area (Å²) in [6, 6.07) is 7.06. The number of imide groups is 1. The van der Waals surface area contributed by atoms with Gasteiger partial charge in [-0.3, -0.25) is 19.7 Å². The molecular formula is C22H22N4O7S. The van der Waals surface area contributed by atoms with Gasteiger partial charge in [-0.15, -0.1) is 11.8 Å². The Morgan fingerprint density at radius 2 is 1.82 bits per heavy atom. The second kappa shape index (κ2) is 8.86. The summed E-state index contributed by atoms with van der Waals surface area (Å²) in [6.07, 6.45) is 1.28. The van der Waals surface area contributed by atoms with E-state index in [1.165, 1.54) is 35.1 Å². The second-order valence-corrected chi connectivity index (χ2v) is 10.1. The fourth-order valence-corrected chi connectivity index (χ4v) is 5.69. The van der Waals surface area contributed by atoms with Gasteiger partial charge in [-0.2, -0.15) is 0 Å². The number of hydrogen-bond donors (Lipinski definition) is 4. The molecule has 3 heterocycles. The number of β-lactam (4-membered cyclic amide) rings is 1. The van der Waals surface area contributed by atoms with Crippen molar-refractivity contribution in [3.05, 3.63) is 60.1 Å². The van der Waals surface area contributed by atoms with Gasteiger partial charge in [0.05, 0.1) is 6.26 Å². The van der Waals surface area contributed by atoms with E-state index >= 15 is 0 Å². The molecule has 1 aromatic heterocycles. The molecule has 11 nitrogen and oxygen atoms in total. The van der Waals surface area contributed by atoms with E-state index in [0.29, 0.717) is 5.56 Å². The molecule has 4 N–H and O–H groups in total. The molecule has 12 heteroatoms. The zero-order chi connectivity index (χ0) is 24.6. The van der Waals surface area contributed by atoms with E-state index in [2.05, 4.69) is 16.0 Å². The van der Waals surface area contributed by atoms with E-state index in [1.807, 2.05) is 0 Å². The third-order valence-electron chi connectivity index (χ3n) is 5.62. The van der Waals surface area contributed by atoms with Crippen molar-refractivity contribution in [1.82, 2.24) is 20.9 Å². The van der Waals surface area contributed by atoms with Crippen LogP contribution in [0.2, 0.25) is 0 Å². The van der Waals surface area contributed by atoms with Crippen LogP contribution in [-0.2, 0) is 14.4 Å². The smallest absolute Gasteiger partial charge is 0.327 e. The number of aliphatic carboxylic acids is 1. The summed E-state index contributed by atoms with van der Waals surface area (Å²) in [4.78, 5) is 63.4. The fraction of sp³-hybridized carbons (Fsp3) is 0.318. The molecule has 4 atom stereocenters. The molecular weight excluding hydrogens is 464 g/mol. The predicted octanol–water partition coefficient (Wildman–Crippen LogP) is 1.09. The maximum atomic E-state index is 13.2. The first-order valence-corrected chi connectivity index (χ1v) is 11.2. The summed E-state index contributed by atoms with van der Waals surface area (Å²) in [7, 11) is 0. The van der Waals surface area contributed by atoms with Gasteiger partial charge >= 0.3 is 12.0 Å². The maximum Gasteiger partial charge on any atom is 0.327 e. The van der Waals surface area contributed by atoms with Crippen LogP contribution in [0, 0.1) is 0 Å². The van der Waals surface area contributed by atoms with E-state index in [4.69, 9.17) is 4.42 Å². The average molecular weight is 487 g/mol. The summed E-state index contributed by atoms with van der Waals surface area (Å²) in [5.74, 6) is -3.16. The number of amides is 5. The Bertz CT molecular complexity index is 1140. The van der Waals surface area contributed by atoms with Crippen molar-refractivity contribution in [2.75, 3.05) is 0 Å². The Morgan fingerprint density at radius 1 is 1.12 bits per heavy atom. The van der Waals surface area contributed by atoms with Crippen molar-refractivity contribution in [2.24, 2.45) is 0 Å². The van der Waals surface area contributed by atoms with Crippen molar-refractivity contribution < 1.29 is 33.5 Å². The number of thioether (sulfide) groups is 1. The Labute approximate surface area is 198 Å². The lowest BCUT2D eigenvalue weighted by Gasteiger charge is -2.44. The minimum absolute atomic E-state index is 0.0788. The van der Waals surface area contributed by atoms with E-state index < -0.39 is 58.0 Å². The Balaban J connectivity index is 1.48. The Hall–Kier alpha value is -3.80. The van der Waals surface area contributed by atoms with Crippen LogP contribution in [0.1, 0.15) is 36.0 Å². The number of hydrogen-bond acceptors (Lipinski definition) is 7. The largest absolute Gasteiger partial charge is 0.480 e. The number of nitrogens with one attached hydrogen (secondary N) is 3. The van der Waals surface area contributed by atoms with Crippen molar-refractivity contribution in [2.45, 2.75) is 42.1 Å². The first-order valence-electron chi connectivity index (χ1n) is 10.3. The van der Waals surface area contributed by atoms with Crippen LogP contribution < -0.4 is 16.0 Å². The van der Waals surface area contributed by atoms with Gasteiger partial charge in [0.1, 0.15) is 23.5 Å². The van der Waals surface area contributed by atoms with Crippen LogP contribution in [0.4, 0.5) is 4.79 Å². The molecule has 0 unspecified atom stereocenters. The van der Waals surface area contributed by atoms with E-state index in [1.54, 1.807) is 44.2 Å². The molecule has 0 saturated carbocycles.